The Hall–Kier alpha value is -4.23. The van der Waals surface area contributed by atoms with Crippen LogP contribution < -0.4 is 10.1 Å². The zero-order chi connectivity index (χ0) is 25.1. The van der Waals surface area contributed by atoms with E-state index in [1.54, 1.807) is 49.7 Å². The van der Waals surface area contributed by atoms with Crippen LogP contribution >= 0.6 is 0 Å². The molecule has 2 aromatic heterocycles. The summed E-state index contributed by atoms with van der Waals surface area (Å²) in [7, 11) is -2.01. The molecule has 0 spiro atoms. The first kappa shape index (κ1) is 23.5. The summed E-state index contributed by atoms with van der Waals surface area (Å²) in [5.74, 6) is 0.740. The maximum atomic E-state index is 13.2. The number of aromatic nitrogens is 2. The summed E-state index contributed by atoms with van der Waals surface area (Å²) in [4.78, 5) is 9.41. The highest BCUT2D eigenvalue weighted by atomic mass is 32.2. The van der Waals surface area contributed by atoms with Gasteiger partial charge in [0.15, 0.2) is 0 Å². The molecular formula is C29H25N3O3S. The topological polar surface area (TPSA) is 81.2 Å². The summed E-state index contributed by atoms with van der Waals surface area (Å²) in [6, 6.07) is 27.2. The molecule has 0 aliphatic carbocycles. The van der Waals surface area contributed by atoms with Gasteiger partial charge in [0, 0.05) is 40.8 Å². The van der Waals surface area contributed by atoms with Crippen molar-refractivity contribution in [1.82, 2.24) is 9.97 Å². The van der Waals surface area contributed by atoms with E-state index >= 15 is 0 Å². The monoisotopic (exact) mass is 495 g/mol. The predicted molar refractivity (Wildman–Crippen MR) is 142 cm³/mol. The van der Waals surface area contributed by atoms with Gasteiger partial charge in [0.2, 0.25) is 9.84 Å². The van der Waals surface area contributed by atoms with Crippen molar-refractivity contribution in [2.45, 2.75) is 23.1 Å². The van der Waals surface area contributed by atoms with Crippen molar-refractivity contribution in [1.29, 1.82) is 0 Å². The van der Waals surface area contributed by atoms with E-state index in [0.717, 1.165) is 45.0 Å². The van der Waals surface area contributed by atoms with Gasteiger partial charge >= 0.3 is 0 Å². The molecule has 0 aliphatic rings. The number of benzene rings is 3. The van der Waals surface area contributed by atoms with Crippen molar-refractivity contribution in [3.05, 3.63) is 114 Å². The second-order valence-corrected chi connectivity index (χ2v) is 10.4. The average molecular weight is 496 g/mol. The molecule has 0 bridgehead atoms. The highest BCUT2D eigenvalue weighted by Crippen LogP contribution is 2.30. The van der Waals surface area contributed by atoms with E-state index in [9.17, 15) is 8.42 Å². The number of rotatable bonds is 7. The number of nitrogens with one attached hydrogen (secondary N) is 1. The lowest BCUT2D eigenvalue weighted by atomic mass is 10.1. The molecule has 0 unspecified atom stereocenters. The number of fused-ring (bicyclic) bond motifs is 1. The summed E-state index contributed by atoms with van der Waals surface area (Å²) in [6.45, 7) is 1.94. The minimum atomic E-state index is -3.64. The van der Waals surface area contributed by atoms with Crippen molar-refractivity contribution in [3.63, 3.8) is 0 Å². The van der Waals surface area contributed by atoms with Crippen LogP contribution in [0.4, 0.5) is 11.4 Å². The number of aryl methyl sites for hydroxylation is 1. The minimum absolute atomic E-state index is 0.239. The lowest BCUT2D eigenvalue weighted by molar-refractivity contribution is 0.415. The maximum Gasteiger partial charge on any atom is 0.206 e. The molecule has 7 heteroatoms. The standard InChI is InChI=1S/C29H25N3O3S/c1-20-17-29(27-19-24(35-2)10-15-28(27)31-20)32-22-8-13-26(14-9-22)36(33,34)25-11-6-21(7-12-25)18-23-5-3-4-16-30-23/h3-17,19H,18H2,1-2H3,(H,31,32). The molecule has 1 N–H and O–H groups in total. The molecule has 0 fully saturated rings. The van der Waals surface area contributed by atoms with Gasteiger partial charge in [-0.2, -0.15) is 0 Å². The molecule has 0 atom stereocenters. The highest BCUT2D eigenvalue weighted by molar-refractivity contribution is 7.91. The van der Waals surface area contributed by atoms with Crippen molar-refractivity contribution in [2.75, 3.05) is 12.4 Å². The van der Waals surface area contributed by atoms with Gasteiger partial charge in [0.25, 0.3) is 0 Å². The van der Waals surface area contributed by atoms with Gasteiger partial charge in [-0.05, 0) is 85.3 Å². The Kier molecular flexibility index (Phi) is 6.40. The smallest absolute Gasteiger partial charge is 0.206 e. The molecule has 0 amide bonds. The van der Waals surface area contributed by atoms with Crippen LogP contribution in [0.15, 0.2) is 107 Å². The molecule has 36 heavy (non-hydrogen) atoms. The van der Waals surface area contributed by atoms with Gasteiger partial charge in [-0.3, -0.25) is 9.97 Å². The van der Waals surface area contributed by atoms with E-state index in [-0.39, 0.29) is 9.79 Å². The number of sulfone groups is 1. The lowest BCUT2D eigenvalue weighted by Crippen LogP contribution is -2.03. The van der Waals surface area contributed by atoms with E-state index in [1.165, 1.54) is 0 Å². The maximum absolute atomic E-state index is 13.2. The second kappa shape index (κ2) is 9.79. The Morgan fingerprint density at radius 3 is 2.25 bits per heavy atom. The first-order chi connectivity index (χ1) is 17.4. The lowest BCUT2D eigenvalue weighted by Gasteiger charge is -2.13. The van der Waals surface area contributed by atoms with Crippen LogP contribution in [0.1, 0.15) is 17.0 Å². The van der Waals surface area contributed by atoms with E-state index in [0.29, 0.717) is 6.42 Å². The van der Waals surface area contributed by atoms with Crippen molar-refractivity contribution in [3.8, 4) is 5.75 Å². The third-order valence-corrected chi connectivity index (χ3v) is 7.72. The first-order valence-corrected chi connectivity index (χ1v) is 13.0. The molecule has 5 aromatic rings. The number of pyridine rings is 2. The Labute approximate surface area is 210 Å². The first-order valence-electron chi connectivity index (χ1n) is 11.5. The Morgan fingerprint density at radius 1 is 0.861 bits per heavy atom. The van der Waals surface area contributed by atoms with Crippen molar-refractivity contribution < 1.29 is 13.2 Å². The molecule has 0 aliphatic heterocycles. The van der Waals surface area contributed by atoms with Crippen LogP contribution in [0.25, 0.3) is 10.9 Å². The fraction of sp³-hybridized carbons (Fsp3) is 0.103. The molecule has 0 saturated carbocycles. The quantitative estimate of drug-likeness (QED) is 0.293. The molecule has 6 nitrogen and oxygen atoms in total. The summed E-state index contributed by atoms with van der Waals surface area (Å²) in [6.07, 6.45) is 2.40. The number of hydrogen-bond donors (Lipinski definition) is 1. The van der Waals surface area contributed by atoms with Crippen LogP contribution in [0.2, 0.25) is 0 Å². The van der Waals surface area contributed by atoms with Gasteiger partial charge in [-0.15, -0.1) is 0 Å². The molecule has 3 aromatic carbocycles. The van der Waals surface area contributed by atoms with Crippen molar-refractivity contribution >= 4 is 32.1 Å². The van der Waals surface area contributed by atoms with E-state index in [4.69, 9.17) is 4.74 Å². The Bertz CT molecular complexity index is 1620. The molecule has 180 valence electrons. The average Bonchev–Trinajstić information content (AvgIpc) is 2.90. The normalized spacial score (nSPS) is 11.4. The third-order valence-electron chi connectivity index (χ3n) is 5.93. The van der Waals surface area contributed by atoms with Crippen LogP contribution in [-0.2, 0) is 16.3 Å². The van der Waals surface area contributed by atoms with Gasteiger partial charge in [0.05, 0.1) is 22.4 Å². The molecule has 5 rings (SSSR count). The number of ether oxygens (including phenoxy) is 1. The van der Waals surface area contributed by atoms with Gasteiger partial charge in [-0.1, -0.05) is 18.2 Å². The van der Waals surface area contributed by atoms with Gasteiger partial charge in [0.1, 0.15) is 5.75 Å². The highest BCUT2D eigenvalue weighted by Gasteiger charge is 2.18. The summed E-state index contributed by atoms with van der Waals surface area (Å²) in [5.41, 5.74) is 5.31. The van der Waals surface area contributed by atoms with Crippen LogP contribution in [0, 0.1) is 6.92 Å². The van der Waals surface area contributed by atoms with Crippen LogP contribution in [0.3, 0.4) is 0 Å². The summed E-state index contributed by atoms with van der Waals surface area (Å²) in [5, 5.41) is 4.31. The van der Waals surface area contributed by atoms with E-state index in [2.05, 4.69) is 15.3 Å². The predicted octanol–water partition coefficient (Wildman–Crippen LogP) is 6.11. The fourth-order valence-corrected chi connectivity index (χ4v) is 5.34. The van der Waals surface area contributed by atoms with Crippen LogP contribution in [-0.4, -0.2) is 25.5 Å². The summed E-state index contributed by atoms with van der Waals surface area (Å²) >= 11 is 0. The van der Waals surface area contributed by atoms with Gasteiger partial charge in [-0.25, -0.2) is 8.42 Å². The second-order valence-electron chi connectivity index (χ2n) is 8.49. The van der Waals surface area contributed by atoms with E-state index in [1.807, 2.05) is 61.5 Å². The third kappa shape index (κ3) is 4.92. The number of nitrogens with zero attached hydrogens (tertiary/aromatic N) is 2. The number of anilines is 2. The SMILES string of the molecule is COc1ccc2nc(C)cc(Nc3ccc(S(=O)(=O)c4ccc(Cc5ccccn5)cc4)cc3)c2c1. The zero-order valence-electron chi connectivity index (χ0n) is 20.0. The molecule has 0 radical (unpaired) electrons. The largest absolute Gasteiger partial charge is 0.497 e. The van der Waals surface area contributed by atoms with Crippen LogP contribution in [0.5, 0.6) is 5.75 Å². The molecular weight excluding hydrogens is 470 g/mol. The number of methoxy groups -OCH3 is 1. The van der Waals surface area contributed by atoms with Crippen molar-refractivity contribution in [2.24, 2.45) is 0 Å². The Morgan fingerprint density at radius 2 is 1.58 bits per heavy atom. The fourth-order valence-electron chi connectivity index (χ4n) is 4.07. The molecule has 2 heterocycles. The summed E-state index contributed by atoms with van der Waals surface area (Å²) < 4.78 is 31.8. The van der Waals surface area contributed by atoms with Gasteiger partial charge < -0.3 is 10.1 Å². The van der Waals surface area contributed by atoms with E-state index < -0.39 is 9.84 Å². The molecule has 0 saturated heterocycles. The number of hydrogen-bond acceptors (Lipinski definition) is 6. The zero-order valence-corrected chi connectivity index (χ0v) is 20.8. The minimum Gasteiger partial charge on any atom is -0.497 e. The Balaban J connectivity index is 1.37.